The first-order valence-corrected chi connectivity index (χ1v) is 4.72. The molecule has 0 aromatic heterocycles. The van der Waals surface area contributed by atoms with E-state index < -0.39 is 0 Å². The molecule has 2 nitrogen and oxygen atoms in total. The van der Waals surface area contributed by atoms with Crippen LogP contribution in [0.1, 0.15) is 17.5 Å². The summed E-state index contributed by atoms with van der Waals surface area (Å²) in [6, 6.07) is 3.36. The SMILES string of the molecule is COc1cc(C)cc(F)c1CCCN. The van der Waals surface area contributed by atoms with Gasteiger partial charge in [0, 0.05) is 5.56 Å². The van der Waals surface area contributed by atoms with Gasteiger partial charge < -0.3 is 10.5 Å². The predicted molar refractivity (Wildman–Crippen MR) is 55.1 cm³/mol. The van der Waals surface area contributed by atoms with Gasteiger partial charge in [-0.05, 0) is 44.0 Å². The van der Waals surface area contributed by atoms with Crippen molar-refractivity contribution >= 4 is 0 Å². The van der Waals surface area contributed by atoms with Crippen LogP contribution in [0.25, 0.3) is 0 Å². The highest BCUT2D eigenvalue weighted by Crippen LogP contribution is 2.24. The number of rotatable bonds is 4. The van der Waals surface area contributed by atoms with E-state index in [1.54, 1.807) is 7.11 Å². The van der Waals surface area contributed by atoms with Crippen LogP contribution in [0.3, 0.4) is 0 Å². The molecular formula is C11H16FNO. The van der Waals surface area contributed by atoms with E-state index in [1.165, 1.54) is 6.07 Å². The quantitative estimate of drug-likeness (QED) is 0.801. The zero-order valence-electron chi connectivity index (χ0n) is 8.64. The molecule has 14 heavy (non-hydrogen) atoms. The van der Waals surface area contributed by atoms with Crippen molar-refractivity contribution in [1.29, 1.82) is 0 Å². The minimum Gasteiger partial charge on any atom is -0.496 e. The number of halogens is 1. The molecule has 0 amide bonds. The lowest BCUT2D eigenvalue weighted by Gasteiger charge is -2.10. The molecule has 0 saturated heterocycles. The summed E-state index contributed by atoms with van der Waals surface area (Å²) in [5.74, 6) is 0.422. The molecule has 2 N–H and O–H groups in total. The lowest BCUT2D eigenvalue weighted by Crippen LogP contribution is -2.03. The molecule has 1 rings (SSSR count). The Hall–Kier alpha value is -1.09. The molecule has 0 unspecified atom stereocenters. The Balaban J connectivity index is 2.99. The van der Waals surface area contributed by atoms with E-state index in [4.69, 9.17) is 10.5 Å². The van der Waals surface area contributed by atoms with Crippen LogP contribution in [-0.4, -0.2) is 13.7 Å². The van der Waals surface area contributed by atoms with Crippen molar-refractivity contribution in [2.75, 3.05) is 13.7 Å². The molecule has 78 valence electrons. The minimum absolute atomic E-state index is 0.199. The number of hydrogen-bond donors (Lipinski definition) is 1. The van der Waals surface area contributed by atoms with E-state index in [1.807, 2.05) is 13.0 Å². The van der Waals surface area contributed by atoms with Gasteiger partial charge in [0.05, 0.1) is 7.11 Å². The standard InChI is InChI=1S/C11H16FNO/c1-8-6-10(12)9(4-3-5-13)11(7-8)14-2/h6-7H,3-5,13H2,1-2H3. The third kappa shape index (κ3) is 2.45. The largest absolute Gasteiger partial charge is 0.496 e. The maximum Gasteiger partial charge on any atom is 0.130 e. The molecule has 0 bridgehead atoms. The Morgan fingerprint density at radius 1 is 1.43 bits per heavy atom. The van der Waals surface area contributed by atoms with Crippen LogP contribution in [0.4, 0.5) is 4.39 Å². The molecular weight excluding hydrogens is 181 g/mol. The Morgan fingerprint density at radius 2 is 2.14 bits per heavy atom. The van der Waals surface area contributed by atoms with E-state index in [9.17, 15) is 4.39 Å². The third-order valence-electron chi connectivity index (χ3n) is 2.15. The van der Waals surface area contributed by atoms with E-state index in [-0.39, 0.29) is 5.82 Å². The lowest BCUT2D eigenvalue weighted by molar-refractivity contribution is 0.403. The van der Waals surface area contributed by atoms with Gasteiger partial charge in [-0.15, -0.1) is 0 Å². The molecule has 0 radical (unpaired) electrons. The molecule has 0 fully saturated rings. The van der Waals surface area contributed by atoms with E-state index in [2.05, 4.69) is 0 Å². The first kappa shape index (κ1) is 11.0. The van der Waals surface area contributed by atoms with Gasteiger partial charge in [0.2, 0.25) is 0 Å². The first-order valence-electron chi connectivity index (χ1n) is 4.72. The lowest BCUT2D eigenvalue weighted by atomic mass is 10.1. The second-order valence-electron chi connectivity index (χ2n) is 3.32. The molecule has 1 aromatic rings. The van der Waals surface area contributed by atoms with Crippen molar-refractivity contribution in [2.24, 2.45) is 5.73 Å². The van der Waals surface area contributed by atoms with Gasteiger partial charge in [-0.3, -0.25) is 0 Å². The van der Waals surface area contributed by atoms with Crippen LogP contribution in [0.15, 0.2) is 12.1 Å². The van der Waals surface area contributed by atoms with E-state index in [0.29, 0.717) is 24.3 Å². The van der Waals surface area contributed by atoms with Gasteiger partial charge in [0.25, 0.3) is 0 Å². The Bertz CT molecular complexity index is 312. The molecule has 0 aliphatic rings. The number of ether oxygens (including phenoxy) is 1. The zero-order chi connectivity index (χ0) is 10.6. The maximum atomic E-state index is 13.5. The molecule has 0 saturated carbocycles. The average Bonchev–Trinajstić information content (AvgIpc) is 2.15. The third-order valence-corrected chi connectivity index (χ3v) is 2.15. The molecule has 1 aromatic carbocycles. The second-order valence-corrected chi connectivity index (χ2v) is 3.32. The summed E-state index contributed by atoms with van der Waals surface area (Å²) in [5.41, 5.74) is 6.88. The summed E-state index contributed by atoms with van der Waals surface area (Å²) in [5, 5.41) is 0. The van der Waals surface area contributed by atoms with Gasteiger partial charge in [0.1, 0.15) is 11.6 Å². The summed E-state index contributed by atoms with van der Waals surface area (Å²) in [7, 11) is 1.56. The van der Waals surface area contributed by atoms with Crippen LogP contribution < -0.4 is 10.5 Å². The second kappa shape index (κ2) is 4.96. The van der Waals surface area contributed by atoms with E-state index >= 15 is 0 Å². The molecule has 0 spiro atoms. The highest BCUT2D eigenvalue weighted by atomic mass is 19.1. The average molecular weight is 197 g/mol. The minimum atomic E-state index is -0.199. The van der Waals surface area contributed by atoms with Crippen molar-refractivity contribution in [2.45, 2.75) is 19.8 Å². The molecule has 0 aliphatic carbocycles. The smallest absolute Gasteiger partial charge is 0.130 e. The number of aryl methyl sites for hydroxylation is 1. The predicted octanol–water partition coefficient (Wildman–Crippen LogP) is 2.03. The summed E-state index contributed by atoms with van der Waals surface area (Å²) in [6.07, 6.45) is 1.40. The van der Waals surface area contributed by atoms with Crippen LogP contribution >= 0.6 is 0 Å². The van der Waals surface area contributed by atoms with Gasteiger partial charge in [-0.2, -0.15) is 0 Å². The fraction of sp³-hybridized carbons (Fsp3) is 0.455. The maximum absolute atomic E-state index is 13.5. The van der Waals surface area contributed by atoms with Crippen molar-refractivity contribution in [3.05, 3.63) is 29.1 Å². The van der Waals surface area contributed by atoms with Crippen LogP contribution in [0.2, 0.25) is 0 Å². The monoisotopic (exact) mass is 197 g/mol. The normalized spacial score (nSPS) is 10.3. The van der Waals surface area contributed by atoms with Crippen LogP contribution in [-0.2, 0) is 6.42 Å². The zero-order valence-corrected chi connectivity index (χ0v) is 8.64. The highest BCUT2D eigenvalue weighted by molar-refractivity contribution is 5.38. The van der Waals surface area contributed by atoms with Crippen molar-refractivity contribution in [3.63, 3.8) is 0 Å². The van der Waals surface area contributed by atoms with Gasteiger partial charge in [-0.25, -0.2) is 4.39 Å². The molecule has 3 heteroatoms. The number of methoxy groups -OCH3 is 1. The van der Waals surface area contributed by atoms with Crippen molar-refractivity contribution < 1.29 is 9.13 Å². The van der Waals surface area contributed by atoms with Crippen LogP contribution in [0.5, 0.6) is 5.75 Å². The van der Waals surface area contributed by atoms with Crippen LogP contribution in [0, 0.1) is 12.7 Å². The topological polar surface area (TPSA) is 35.2 Å². The summed E-state index contributed by atoms with van der Waals surface area (Å²) in [6.45, 7) is 2.41. The van der Waals surface area contributed by atoms with Crippen molar-refractivity contribution in [3.8, 4) is 5.75 Å². The summed E-state index contributed by atoms with van der Waals surface area (Å²) < 4.78 is 18.6. The summed E-state index contributed by atoms with van der Waals surface area (Å²) in [4.78, 5) is 0. The Kier molecular flexibility index (Phi) is 3.89. The van der Waals surface area contributed by atoms with Gasteiger partial charge >= 0.3 is 0 Å². The van der Waals surface area contributed by atoms with Gasteiger partial charge in [0.15, 0.2) is 0 Å². The number of benzene rings is 1. The summed E-state index contributed by atoms with van der Waals surface area (Å²) >= 11 is 0. The molecule has 0 heterocycles. The fourth-order valence-electron chi connectivity index (χ4n) is 1.44. The van der Waals surface area contributed by atoms with Gasteiger partial charge in [-0.1, -0.05) is 0 Å². The van der Waals surface area contributed by atoms with Crippen molar-refractivity contribution in [1.82, 2.24) is 0 Å². The highest BCUT2D eigenvalue weighted by Gasteiger charge is 2.09. The molecule has 0 atom stereocenters. The Labute approximate surface area is 83.9 Å². The first-order chi connectivity index (χ1) is 6.69. The fourth-order valence-corrected chi connectivity index (χ4v) is 1.44. The van der Waals surface area contributed by atoms with E-state index in [0.717, 1.165) is 12.0 Å². The Morgan fingerprint density at radius 3 is 2.71 bits per heavy atom. The molecule has 0 aliphatic heterocycles. The number of nitrogens with two attached hydrogens (primary N) is 1. The number of hydrogen-bond acceptors (Lipinski definition) is 2.